The standard InChI is InChI=1S/C13H9BrF2N2O/c1-7-4-5-9(15)10(11(7)16)13(19)18-12-8(14)3-2-6-17-12/h2-6H,1H3,(H,17,18,19). The number of carbonyl (C=O) groups is 1. The normalized spacial score (nSPS) is 10.3. The highest BCUT2D eigenvalue weighted by atomic mass is 79.9. The van der Waals surface area contributed by atoms with Crippen LogP contribution in [0, 0.1) is 18.6 Å². The van der Waals surface area contributed by atoms with Crippen molar-refractivity contribution in [1.29, 1.82) is 0 Å². The van der Waals surface area contributed by atoms with Gasteiger partial charge in [0.15, 0.2) is 0 Å². The number of halogens is 3. The van der Waals surface area contributed by atoms with Crippen molar-refractivity contribution in [2.24, 2.45) is 0 Å². The van der Waals surface area contributed by atoms with Crippen molar-refractivity contribution < 1.29 is 13.6 Å². The summed E-state index contributed by atoms with van der Waals surface area (Å²) in [5.74, 6) is -2.46. The molecule has 0 fully saturated rings. The Bertz CT molecular complexity index is 647. The van der Waals surface area contributed by atoms with E-state index in [1.165, 1.54) is 19.2 Å². The Kier molecular flexibility index (Phi) is 3.90. The van der Waals surface area contributed by atoms with Crippen LogP contribution >= 0.6 is 15.9 Å². The summed E-state index contributed by atoms with van der Waals surface area (Å²) in [6.07, 6.45) is 1.46. The number of benzene rings is 1. The smallest absolute Gasteiger partial charge is 0.262 e. The Morgan fingerprint density at radius 3 is 2.74 bits per heavy atom. The Morgan fingerprint density at radius 1 is 1.32 bits per heavy atom. The first-order chi connectivity index (χ1) is 9.00. The molecule has 1 aromatic heterocycles. The summed E-state index contributed by atoms with van der Waals surface area (Å²) in [6.45, 7) is 1.46. The van der Waals surface area contributed by atoms with E-state index in [-0.39, 0.29) is 11.4 Å². The minimum Gasteiger partial charge on any atom is -0.305 e. The van der Waals surface area contributed by atoms with Crippen LogP contribution < -0.4 is 5.32 Å². The van der Waals surface area contributed by atoms with E-state index in [0.717, 1.165) is 6.07 Å². The van der Waals surface area contributed by atoms with Gasteiger partial charge in [-0.25, -0.2) is 13.8 Å². The lowest BCUT2D eigenvalue weighted by atomic mass is 10.1. The fourth-order valence-corrected chi connectivity index (χ4v) is 1.87. The topological polar surface area (TPSA) is 42.0 Å². The van der Waals surface area contributed by atoms with Gasteiger partial charge >= 0.3 is 0 Å². The quantitative estimate of drug-likeness (QED) is 0.914. The zero-order valence-electron chi connectivity index (χ0n) is 9.88. The molecule has 0 saturated heterocycles. The second-order valence-corrected chi connectivity index (χ2v) is 4.70. The zero-order chi connectivity index (χ0) is 14.0. The first-order valence-corrected chi connectivity index (χ1v) is 6.16. The highest BCUT2D eigenvalue weighted by Gasteiger charge is 2.20. The van der Waals surface area contributed by atoms with Crippen LogP contribution in [0.3, 0.4) is 0 Å². The van der Waals surface area contributed by atoms with Gasteiger partial charge in [0.25, 0.3) is 5.91 Å². The fraction of sp³-hybridized carbons (Fsp3) is 0.0769. The molecule has 0 radical (unpaired) electrons. The van der Waals surface area contributed by atoms with Crippen LogP contribution in [0.15, 0.2) is 34.9 Å². The molecule has 0 aliphatic rings. The number of nitrogens with zero attached hydrogens (tertiary/aromatic N) is 1. The van der Waals surface area contributed by atoms with Gasteiger partial charge < -0.3 is 5.32 Å². The lowest BCUT2D eigenvalue weighted by Gasteiger charge is -2.09. The molecule has 0 saturated carbocycles. The third-order valence-corrected chi connectivity index (χ3v) is 3.14. The van der Waals surface area contributed by atoms with Crippen molar-refractivity contribution in [3.05, 3.63) is 57.7 Å². The SMILES string of the molecule is Cc1ccc(F)c(C(=O)Nc2ncccc2Br)c1F. The molecular formula is C13H9BrF2N2O. The van der Waals surface area contributed by atoms with E-state index in [1.54, 1.807) is 12.1 Å². The molecule has 2 aromatic rings. The van der Waals surface area contributed by atoms with Gasteiger partial charge in [-0.15, -0.1) is 0 Å². The molecule has 6 heteroatoms. The third kappa shape index (κ3) is 2.78. The predicted molar refractivity (Wildman–Crippen MR) is 71.0 cm³/mol. The van der Waals surface area contributed by atoms with Gasteiger partial charge in [0.05, 0.1) is 4.47 Å². The number of aryl methyl sites for hydroxylation is 1. The molecule has 1 amide bonds. The van der Waals surface area contributed by atoms with Crippen LogP contribution in [-0.4, -0.2) is 10.9 Å². The molecule has 3 nitrogen and oxygen atoms in total. The summed E-state index contributed by atoms with van der Waals surface area (Å²) in [6, 6.07) is 5.65. The summed E-state index contributed by atoms with van der Waals surface area (Å²) in [5.41, 5.74) is -0.413. The maximum Gasteiger partial charge on any atom is 0.262 e. The average Bonchev–Trinajstić information content (AvgIpc) is 2.37. The van der Waals surface area contributed by atoms with Crippen molar-refractivity contribution in [2.45, 2.75) is 6.92 Å². The number of carbonyl (C=O) groups excluding carboxylic acids is 1. The highest BCUT2D eigenvalue weighted by molar-refractivity contribution is 9.10. The monoisotopic (exact) mass is 326 g/mol. The average molecular weight is 327 g/mol. The third-order valence-electron chi connectivity index (χ3n) is 2.50. The van der Waals surface area contributed by atoms with Gasteiger partial charge in [0, 0.05) is 6.20 Å². The van der Waals surface area contributed by atoms with Gasteiger partial charge in [-0.2, -0.15) is 0 Å². The van der Waals surface area contributed by atoms with Crippen molar-refractivity contribution in [2.75, 3.05) is 5.32 Å². The largest absolute Gasteiger partial charge is 0.305 e. The Hall–Kier alpha value is -1.82. The number of amides is 1. The van der Waals surface area contributed by atoms with E-state index in [4.69, 9.17) is 0 Å². The van der Waals surface area contributed by atoms with Gasteiger partial charge in [-0.3, -0.25) is 4.79 Å². The van der Waals surface area contributed by atoms with E-state index >= 15 is 0 Å². The van der Waals surface area contributed by atoms with Crippen molar-refractivity contribution in [1.82, 2.24) is 4.98 Å². The van der Waals surface area contributed by atoms with Crippen LogP contribution in [-0.2, 0) is 0 Å². The van der Waals surface area contributed by atoms with Crippen molar-refractivity contribution >= 4 is 27.7 Å². The molecule has 0 aliphatic heterocycles. The zero-order valence-corrected chi connectivity index (χ0v) is 11.5. The van der Waals surface area contributed by atoms with E-state index in [2.05, 4.69) is 26.2 Å². The van der Waals surface area contributed by atoms with Crippen LogP contribution in [0.5, 0.6) is 0 Å². The number of pyridine rings is 1. The molecule has 1 N–H and O–H groups in total. The lowest BCUT2D eigenvalue weighted by Crippen LogP contribution is -2.17. The van der Waals surface area contributed by atoms with Crippen LogP contribution in [0.4, 0.5) is 14.6 Å². The molecule has 0 spiro atoms. The van der Waals surface area contributed by atoms with E-state index < -0.39 is 23.1 Å². The lowest BCUT2D eigenvalue weighted by molar-refractivity contribution is 0.101. The maximum absolute atomic E-state index is 13.8. The van der Waals surface area contributed by atoms with E-state index in [0.29, 0.717) is 4.47 Å². The summed E-state index contributed by atoms with van der Waals surface area (Å²) in [7, 11) is 0. The van der Waals surface area contributed by atoms with Gasteiger partial charge in [0.2, 0.25) is 0 Å². The molecule has 0 unspecified atom stereocenters. The maximum atomic E-state index is 13.8. The number of nitrogens with one attached hydrogen (secondary N) is 1. The number of hydrogen-bond donors (Lipinski definition) is 1. The number of hydrogen-bond acceptors (Lipinski definition) is 2. The number of aromatic nitrogens is 1. The minimum absolute atomic E-state index is 0.201. The van der Waals surface area contributed by atoms with E-state index in [1.807, 2.05) is 0 Å². The first kappa shape index (κ1) is 13.6. The molecular weight excluding hydrogens is 318 g/mol. The Morgan fingerprint density at radius 2 is 2.05 bits per heavy atom. The van der Waals surface area contributed by atoms with E-state index in [9.17, 15) is 13.6 Å². The highest BCUT2D eigenvalue weighted by Crippen LogP contribution is 2.21. The predicted octanol–water partition coefficient (Wildman–Crippen LogP) is 3.68. The van der Waals surface area contributed by atoms with Crippen LogP contribution in [0.1, 0.15) is 15.9 Å². The molecule has 2 rings (SSSR count). The minimum atomic E-state index is -0.910. The molecule has 98 valence electrons. The van der Waals surface area contributed by atoms with Crippen molar-refractivity contribution in [3.63, 3.8) is 0 Å². The summed E-state index contributed by atoms with van der Waals surface area (Å²) < 4.78 is 27.9. The summed E-state index contributed by atoms with van der Waals surface area (Å²) >= 11 is 3.18. The molecule has 0 aliphatic carbocycles. The first-order valence-electron chi connectivity index (χ1n) is 5.37. The Labute approximate surface area is 116 Å². The summed E-state index contributed by atoms with van der Waals surface area (Å²) in [4.78, 5) is 15.8. The van der Waals surface area contributed by atoms with Gasteiger partial charge in [-0.1, -0.05) is 6.07 Å². The van der Waals surface area contributed by atoms with Crippen LogP contribution in [0.2, 0.25) is 0 Å². The Balaban J connectivity index is 2.36. The molecule has 1 heterocycles. The fourth-order valence-electron chi connectivity index (χ4n) is 1.51. The van der Waals surface area contributed by atoms with Crippen molar-refractivity contribution in [3.8, 4) is 0 Å². The second kappa shape index (κ2) is 5.44. The second-order valence-electron chi connectivity index (χ2n) is 3.84. The molecule has 19 heavy (non-hydrogen) atoms. The summed E-state index contributed by atoms with van der Waals surface area (Å²) in [5, 5.41) is 2.36. The molecule has 0 atom stereocenters. The molecule has 1 aromatic carbocycles. The van der Waals surface area contributed by atoms with Gasteiger partial charge in [0.1, 0.15) is 23.0 Å². The van der Waals surface area contributed by atoms with Gasteiger partial charge in [-0.05, 0) is 46.6 Å². The molecule has 0 bridgehead atoms. The van der Waals surface area contributed by atoms with Crippen LogP contribution in [0.25, 0.3) is 0 Å². The number of rotatable bonds is 2. The number of anilines is 1.